The minimum Gasteiger partial charge on any atom is -0.481 e. The Hall–Kier alpha value is -2.11. The van der Waals surface area contributed by atoms with Gasteiger partial charge in [-0.15, -0.1) is 0 Å². The van der Waals surface area contributed by atoms with Gasteiger partial charge in [0.15, 0.2) is 18.2 Å². The lowest BCUT2D eigenvalue weighted by Gasteiger charge is -2.49. The molecule has 5 nitrogen and oxygen atoms in total. The van der Waals surface area contributed by atoms with Crippen molar-refractivity contribution >= 4 is 11.8 Å². The zero-order chi connectivity index (χ0) is 18.8. The van der Waals surface area contributed by atoms with Gasteiger partial charge in [-0.1, -0.05) is 25.0 Å². The molecule has 4 rings (SSSR count). The standard InChI is InChI=1S/C21H27FN2O3/c22-17-7-3-4-8-19(17)27-12-20(25)23-13-9-10-15-14-5-1-2-6-16(14)21(26)24-18(15)11-13/h3-4,7-8,13-16,18H,1-2,5-6,9-12H2,(H,23,25)(H,24,26). The summed E-state index contributed by atoms with van der Waals surface area (Å²) < 4.78 is 18.8. The lowest BCUT2D eigenvalue weighted by Crippen LogP contribution is -2.59. The zero-order valence-corrected chi connectivity index (χ0v) is 15.5. The monoisotopic (exact) mass is 374 g/mol. The molecule has 3 aliphatic rings. The third kappa shape index (κ3) is 3.94. The normalized spacial score (nSPS) is 32.6. The molecular weight excluding hydrogens is 347 g/mol. The summed E-state index contributed by atoms with van der Waals surface area (Å²) in [5.41, 5.74) is 0. The Bertz CT molecular complexity index is 710. The van der Waals surface area contributed by atoms with E-state index in [-0.39, 0.29) is 42.2 Å². The van der Waals surface area contributed by atoms with Crippen LogP contribution in [0.5, 0.6) is 5.75 Å². The van der Waals surface area contributed by atoms with E-state index in [1.54, 1.807) is 12.1 Å². The summed E-state index contributed by atoms with van der Waals surface area (Å²) in [6, 6.07) is 6.25. The molecule has 2 N–H and O–H groups in total. The maximum atomic E-state index is 13.6. The fraction of sp³-hybridized carbons (Fsp3) is 0.619. The number of piperidine rings is 1. The number of ether oxygens (including phenoxy) is 1. The maximum Gasteiger partial charge on any atom is 0.258 e. The molecule has 146 valence electrons. The van der Waals surface area contributed by atoms with Crippen LogP contribution in [0.25, 0.3) is 0 Å². The molecule has 1 saturated heterocycles. The summed E-state index contributed by atoms with van der Waals surface area (Å²) in [5, 5.41) is 6.21. The summed E-state index contributed by atoms with van der Waals surface area (Å²) in [6.07, 6.45) is 7.29. The third-order valence-corrected chi connectivity index (χ3v) is 6.50. The van der Waals surface area contributed by atoms with Crippen molar-refractivity contribution < 1.29 is 18.7 Å². The van der Waals surface area contributed by atoms with E-state index in [9.17, 15) is 14.0 Å². The predicted octanol–water partition coefficient (Wildman–Crippen LogP) is 2.79. The van der Waals surface area contributed by atoms with E-state index >= 15 is 0 Å². The van der Waals surface area contributed by atoms with Gasteiger partial charge in [0.25, 0.3) is 5.91 Å². The molecular formula is C21H27FN2O3. The van der Waals surface area contributed by atoms with Gasteiger partial charge in [0.1, 0.15) is 0 Å². The Kier molecular flexibility index (Phi) is 5.32. The fourth-order valence-corrected chi connectivity index (χ4v) is 5.27. The highest BCUT2D eigenvalue weighted by Gasteiger charge is 2.46. The number of fused-ring (bicyclic) bond motifs is 3. The van der Waals surface area contributed by atoms with Crippen LogP contribution in [0.2, 0.25) is 0 Å². The number of carbonyl (C=O) groups excluding carboxylic acids is 2. The van der Waals surface area contributed by atoms with Crippen LogP contribution in [0.3, 0.4) is 0 Å². The highest BCUT2D eigenvalue weighted by Crippen LogP contribution is 2.44. The second kappa shape index (κ2) is 7.87. The van der Waals surface area contributed by atoms with E-state index in [4.69, 9.17) is 4.74 Å². The van der Waals surface area contributed by atoms with Gasteiger partial charge in [0.05, 0.1) is 0 Å². The summed E-state index contributed by atoms with van der Waals surface area (Å²) in [7, 11) is 0. The number of hydrogen-bond donors (Lipinski definition) is 2. The number of halogens is 1. The maximum absolute atomic E-state index is 13.6. The molecule has 0 spiro atoms. The molecule has 1 aliphatic heterocycles. The molecule has 0 bridgehead atoms. The molecule has 1 aromatic rings. The van der Waals surface area contributed by atoms with Gasteiger partial charge in [0, 0.05) is 18.0 Å². The van der Waals surface area contributed by atoms with Gasteiger partial charge in [-0.2, -0.15) is 0 Å². The predicted molar refractivity (Wildman–Crippen MR) is 98.5 cm³/mol. The summed E-state index contributed by atoms with van der Waals surface area (Å²) in [6.45, 7) is -0.206. The first-order chi connectivity index (χ1) is 13.1. The van der Waals surface area contributed by atoms with Crippen LogP contribution in [-0.4, -0.2) is 30.5 Å². The summed E-state index contributed by atoms with van der Waals surface area (Å²) >= 11 is 0. The van der Waals surface area contributed by atoms with Gasteiger partial charge in [-0.05, 0) is 56.1 Å². The first-order valence-corrected chi connectivity index (χ1v) is 10.1. The number of nitrogens with one attached hydrogen (secondary N) is 2. The molecule has 2 amide bonds. The topological polar surface area (TPSA) is 67.4 Å². The number of rotatable bonds is 4. The lowest BCUT2D eigenvalue weighted by molar-refractivity contribution is -0.136. The van der Waals surface area contributed by atoms with Gasteiger partial charge in [0.2, 0.25) is 5.91 Å². The molecule has 6 heteroatoms. The van der Waals surface area contributed by atoms with Crippen molar-refractivity contribution in [2.24, 2.45) is 17.8 Å². The van der Waals surface area contributed by atoms with Crippen LogP contribution in [0.15, 0.2) is 24.3 Å². The van der Waals surface area contributed by atoms with Crippen molar-refractivity contribution in [3.05, 3.63) is 30.1 Å². The number of benzene rings is 1. The lowest BCUT2D eigenvalue weighted by atomic mass is 9.63. The fourth-order valence-electron chi connectivity index (χ4n) is 5.27. The average molecular weight is 374 g/mol. The van der Waals surface area contributed by atoms with E-state index in [0.29, 0.717) is 11.8 Å². The van der Waals surface area contributed by atoms with Crippen molar-refractivity contribution in [1.29, 1.82) is 0 Å². The van der Waals surface area contributed by atoms with Crippen LogP contribution >= 0.6 is 0 Å². The minimum absolute atomic E-state index is 0.0309. The van der Waals surface area contributed by atoms with Crippen molar-refractivity contribution in [3.8, 4) is 5.75 Å². The average Bonchev–Trinajstić information content (AvgIpc) is 2.67. The number of para-hydroxylation sites is 1. The third-order valence-electron chi connectivity index (χ3n) is 6.50. The van der Waals surface area contributed by atoms with Gasteiger partial charge < -0.3 is 15.4 Å². The first kappa shape index (κ1) is 18.3. The number of hydrogen-bond acceptors (Lipinski definition) is 3. The highest BCUT2D eigenvalue weighted by atomic mass is 19.1. The smallest absolute Gasteiger partial charge is 0.258 e. The molecule has 2 aliphatic carbocycles. The van der Waals surface area contributed by atoms with Crippen molar-refractivity contribution in [1.82, 2.24) is 10.6 Å². The number of amides is 2. The Morgan fingerprint density at radius 2 is 1.96 bits per heavy atom. The summed E-state index contributed by atoms with van der Waals surface area (Å²) in [5.74, 6) is 0.807. The minimum atomic E-state index is -0.474. The molecule has 5 atom stereocenters. The molecule has 5 unspecified atom stereocenters. The first-order valence-electron chi connectivity index (χ1n) is 10.1. The van der Waals surface area contributed by atoms with Crippen molar-refractivity contribution in [2.75, 3.05) is 6.61 Å². The Morgan fingerprint density at radius 3 is 2.81 bits per heavy atom. The molecule has 27 heavy (non-hydrogen) atoms. The Morgan fingerprint density at radius 1 is 1.15 bits per heavy atom. The van der Waals surface area contributed by atoms with Crippen LogP contribution < -0.4 is 15.4 Å². The molecule has 0 radical (unpaired) electrons. The molecule has 1 heterocycles. The van der Waals surface area contributed by atoms with Gasteiger partial charge in [-0.3, -0.25) is 9.59 Å². The highest BCUT2D eigenvalue weighted by molar-refractivity contribution is 5.80. The van der Waals surface area contributed by atoms with E-state index in [1.165, 1.54) is 18.6 Å². The molecule has 0 aromatic heterocycles. The largest absolute Gasteiger partial charge is 0.481 e. The van der Waals surface area contributed by atoms with E-state index in [0.717, 1.165) is 38.5 Å². The molecule has 2 saturated carbocycles. The van der Waals surface area contributed by atoms with Crippen LogP contribution in [0.4, 0.5) is 4.39 Å². The van der Waals surface area contributed by atoms with Crippen molar-refractivity contribution in [3.63, 3.8) is 0 Å². The summed E-state index contributed by atoms with van der Waals surface area (Å²) in [4.78, 5) is 24.7. The Labute approximate surface area is 159 Å². The van der Waals surface area contributed by atoms with Crippen molar-refractivity contribution in [2.45, 2.75) is 57.0 Å². The molecule has 3 fully saturated rings. The van der Waals surface area contributed by atoms with E-state index < -0.39 is 5.82 Å². The van der Waals surface area contributed by atoms with Gasteiger partial charge in [-0.25, -0.2) is 4.39 Å². The zero-order valence-electron chi connectivity index (χ0n) is 15.5. The van der Waals surface area contributed by atoms with E-state index in [2.05, 4.69) is 10.6 Å². The molecule has 1 aromatic carbocycles. The van der Waals surface area contributed by atoms with Crippen LogP contribution in [-0.2, 0) is 9.59 Å². The quantitative estimate of drug-likeness (QED) is 0.852. The SMILES string of the molecule is O=C(COc1ccccc1F)NC1CCC2C(C1)NC(=O)C1CCCCC12. The Balaban J connectivity index is 1.30. The van der Waals surface area contributed by atoms with Crippen LogP contribution in [0, 0.1) is 23.6 Å². The van der Waals surface area contributed by atoms with Crippen LogP contribution in [0.1, 0.15) is 44.9 Å². The second-order valence-electron chi connectivity index (χ2n) is 8.13. The van der Waals surface area contributed by atoms with Gasteiger partial charge >= 0.3 is 0 Å². The van der Waals surface area contributed by atoms with E-state index in [1.807, 2.05) is 0 Å². The number of carbonyl (C=O) groups is 2. The second-order valence-corrected chi connectivity index (χ2v) is 8.13.